The molecule has 3 amide bonds. The molecule has 1 rings (SSSR count). The Bertz CT molecular complexity index is 652. The number of carbonyl (C=O) groups excluding carboxylic acids is 3. The summed E-state index contributed by atoms with van der Waals surface area (Å²) in [7, 11) is 0. The van der Waals surface area contributed by atoms with Crippen molar-refractivity contribution < 1.29 is 18.8 Å². The molecule has 1 aromatic rings. The van der Waals surface area contributed by atoms with Crippen LogP contribution in [0.3, 0.4) is 0 Å². The molecule has 0 radical (unpaired) electrons. The zero-order valence-corrected chi connectivity index (χ0v) is 14.6. The summed E-state index contributed by atoms with van der Waals surface area (Å²) in [5.41, 5.74) is 7.00. The number of halogens is 1. The number of primary amides is 1. The van der Waals surface area contributed by atoms with Crippen molar-refractivity contribution in [2.75, 3.05) is 0 Å². The van der Waals surface area contributed by atoms with E-state index in [-0.39, 0.29) is 24.6 Å². The summed E-state index contributed by atoms with van der Waals surface area (Å²) >= 11 is 0. The van der Waals surface area contributed by atoms with Gasteiger partial charge in [-0.1, -0.05) is 23.8 Å². The standard InChI is InChI=1S/C18H24FN3O3/c1-11(2)4-9-15(17(20)24)22-18(25)16(21-12(3)23)10-13-5-7-14(19)8-6-13/h4-8,15-16H,9-10H2,1-3H3,(H2,20,24)(H,21,23)(H,22,25)/t15-,16+/m1/s1. The molecule has 7 heteroatoms. The van der Waals surface area contributed by atoms with Crippen molar-refractivity contribution in [3.05, 3.63) is 47.3 Å². The number of benzene rings is 1. The van der Waals surface area contributed by atoms with Gasteiger partial charge in [0.1, 0.15) is 17.9 Å². The van der Waals surface area contributed by atoms with Crippen LogP contribution in [0.1, 0.15) is 32.8 Å². The minimum absolute atomic E-state index is 0.166. The van der Waals surface area contributed by atoms with E-state index in [4.69, 9.17) is 5.73 Å². The van der Waals surface area contributed by atoms with Crippen LogP contribution in [0.25, 0.3) is 0 Å². The molecule has 0 unspecified atom stereocenters. The Balaban J connectivity index is 2.87. The van der Waals surface area contributed by atoms with E-state index in [1.54, 1.807) is 6.08 Å². The van der Waals surface area contributed by atoms with Gasteiger partial charge in [0.25, 0.3) is 0 Å². The molecular weight excluding hydrogens is 325 g/mol. The second-order valence-electron chi connectivity index (χ2n) is 6.06. The van der Waals surface area contributed by atoms with Gasteiger partial charge in [0.2, 0.25) is 17.7 Å². The second-order valence-corrected chi connectivity index (χ2v) is 6.06. The Morgan fingerprint density at radius 2 is 1.68 bits per heavy atom. The van der Waals surface area contributed by atoms with Gasteiger partial charge in [-0.25, -0.2) is 4.39 Å². The van der Waals surface area contributed by atoms with Crippen LogP contribution < -0.4 is 16.4 Å². The molecule has 0 aromatic heterocycles. The van der Waals surface area contributed by atoms with Crippen molar-refractivity contribution in [2.45, 2.75) is 45.7 Å². The number of carbonyl (C=O) groups is 3. The molecule has 0 bridgehead atoms. The summed E-state index contributed by atoms with van der Waals surface area (Å²) in [6, 6.07) is 3.86. The molecule has 1 aromatic carbocycles. The average molecular weight is 349 g/mol. The number of allylic oxidation sites excluding steroid dienone is 1. The minimum atomic E-state index is -0.892. The van der Waals surface area contributed by atoms with E-state index in [1.807, 2.05) is 13.8 Å². The lowest BCUT2D eigenvalue weighted by Gasteiger charge is -2.21. The highest BCUT2D eigenvalue weighted by molar-refractivity contribution is 5.91. The Hall–Kier alpha value is -2.70. The number of amides is 3. The maximum Gasteiger partial charge on any atom is 0.243 e. The number of nitrogens with two attached hydrogens (primary N) is 1. The fourth-order valence-electron chi connectivity index (χ4n) is 2.18. The molecule has 0 heterocycles. The maximum atomic E-state index is 13.0. The highest BCUT2D eigenvalue weighted by Crippen LogP contribution is 2.07. The zero-order valence-electron chi connectivity index (χ0n) is 14.6. The molecule has 0 aliphatic carbocycles. The van der Waals surface area contributed by atoms with Gasteiger partial charge in [-0.3, -0.25) is 14.4 Å². The first kappa shape index (κ1) is 20.3. The van der Waals surface area contributed by atoms with Gasteiger partial charge in [0, 0.05) is 13.3 Å². The Morgan fingerprint density at radius 3 is 2.16 bits per heavy atom. The van der Waals surface area contributed by atoms with Crippen LogP contribution in [0.5, 0.6) is 0 Å². The van der Waals surface area contributed by atoms with Crippen molar-refractivity contribution in [3.63, 3.8) is 0 Å². The lowest BCUT2D eigenvalue weighted by atomic mass is 10.0. The molecular formula is C18H24FN3O3. The molecule has 136 valence electrons. The smallest absolute Gasteiger partial charge is 0.243 e. The van der Waals surface area contributed by atoms with Crippen molar-refractivity contribution >= 4 is 17.7 Å². The van der Waals surface area contributed by atoms with E-state index < -0.39 is 23.9 Å². The van der Waals surface area contributed by atoms with E-state index >= 15 is 0 Å². The molecule has 0 saturated heterocycles. The van der Waals surface area contributed by atoms with Crippen LogP contribution in [0.15, 0.2) is 35.9 Å². The second kappa shape index (κ2) is 9.56. The first-order valence-corrected chi connectivity index (χ1v) is 7.93. The summed E-state index contributed by atoms with van der Waals surface area (Å²) in [6.45, 7) is 5.03. The van der Waals surface area contributed by atoms with E-state index in [0.29, 0.717) is 5.56 Å². The monoisotopic (exact) mass is 349 g/mol. The third kappa shape index (κ3) is 7.60. The third-order valence-corrected chi connectivity index (χ3v) is 3.47. The van der Waals surface area contributed by atoms with Crippen LogP contribution in [-0.4, -0.2) is 29.8 Å². The Labute approximate surface area is 146 Å². The van der Waals surface area contributed by atoms with Gasteiger partial charge >= 0.3 is 0 Å². The van der Waals surface area contributed by atoms with Gasteiger partial charge in [0.15, 0.2) is 0 Å². The van der Waals surface area contributed by atoms with Gasteiger partial charge in [-0.05, 0) is 38.0 Å². The van der Waals surface area contributed by atoms with Crippen LogP contribution >= 0.6 is 0 Å². The number of hydrogen-bond acceptors (Lipinski definition) is 3. The minimum Gasteiger partial charge on any atom is -0.368 e. The molecule has 4 N–H and O–H groups in total. The number of hydrogen-bond donors (Lipinski definition) is 3. The molecule has 25 heavy (non-hydrogen) atoms. The van der Waals surface area contributed by atoms with Crippen molar-refractivity contribution in [2.24, 2.45) is 5.73 Å². The maximum absolute atomic E-state index is 13.0. The summed E-state index contributed by atoms with van der Waals surface area (Å²) < 4.78 is 13.0. The quantitative estimate of drug-likeness (QED) is 0.615. The molecule has 0 aliphatic heterocycles. The molecule has 0 spiro atoms. The number of rotatable bonds is 8. The molecule has 2 atom stereocenters. The third-order valence-electron chi connectivity index (χ3n) is 3.47. The molecule has 0 saturated carbocycles. The van der Waals surface area contributed by atoms with Gasteiger partial charge < -0.3 is 16.4 Å². The SMILES string of the molecule is CC(=O)N[C@@H](Cc1ccc(F)cc1)C(=O)N[C@H](CC=C(C)C)C(N)=O. The largest absolute Gasteiger partial charge is 0.368 e. The fourth-order valence-corrected chi connectivity index (χ4v) is 2.18. The predicted octanol–water partition coefficient (Wildman–Crippen LogP) is 1.20. The molecule has 6 nitrogen and oxygen atoms in total. The molecule has 0 aliphatic rings. The lowest BCUT2D eigenvalue weighted by molar-refractivity contribution is -0.130. The summed E-state index contributed by atoms with van der Waals surface area (Å²) in [5, 5.41) is 5.10. The Morgan fingerprint density at radius 1 is 1.08 bits per heavy atom. The normalized spacial score (nSPS) is 12.6. The van der Waals surface area contributed by atoms with Gasteiger partial charge in [-0.2, -0.15) is 0 Å². The number of nitrogens with one attached hydrogen (secondary N) is 2. The van der Waals surface area contributed by atoms with Crippen molar-refractivity contribution in [1.29, 1.82) is 0 Å². The van der Waals surface area contributed by atoms with E-state index in [9.17, 15) is 18.8 Å². The first-order valence-electron chi connectivity index (χ1n) is 7.93. The summed E-state index contributed by atoms with van der Waals surface area (Å²) in [4.78, 5) is 35.4. The average Bonchev–Trinajstić information content (AvgIpc) is 2.51. The van der Waals surface area contributed by atoms with Crippen LogP contribution in [0.4, 0.5) is 4.39 Å². The lowest BCUT2D eigenvalue weighted by Crippen LogP contribution is -2.53. The van der Waals surface area contributed by atoms with Crippen LogP contribution in [-0.2, 0) is 20.8 Å². The van der Waals surface area contributed by atoms with Crippen LogP contribution in [0.2, 0.25) is 0 Å². The van der Waals surface area contributed by atoms with Gasteiger partial charge in [-0.15, -0.1) is 0 Å². The highest BCUT2D eigenvalue weighted by atomic mass is 19.1. The van der Waals surface area contributed by atoms with Crippen molar-refractivity contribution in [3.8, 4) is 0 Å². The van der Waals surface area contributed by atoms with Crippen LogP contribution in [0, 0.1) is 5.82 Å². The highest BCUT2D eigenvalue weighted by Gasteiger charge is 2.24. The summed E-state index contributed by atoms with van der Waals surface area (Å²) in [6.07, 6.45) is 2.23. The molecule has 0 fully saturated rings. The fraction of sp³-hybridized carbons (Fsp3) is 0.389. The predicted molar refractivity (Wildman–Crippen MR) is 92.9 cm³/mol. The topological polar surface area (TPSA) is 101 Å². The zero-order chi connectivity index (χ0) is 19.0. The Kier molecular flexibility index (Phi) is 7.78. The van der Waals surface area contributed by atoms with Gasteiger partial charge in [0.05, 0.1) is 0 Å². The van der Waals surface area contributed by atoms with E-state index in [1.165, 1.54) is 31.2 Å². The summed E-state index contributed by atoms with van der Waals surface area (Å²) in [5.74, 6) is -1.96. The van der Waals surface area contributed by atoms with E-state index in [0.717, 1.165) is 5.57 Å². The van der Waals surface area contributed by atoms with Crippen molar-refractivity contribution in [1.82, 2.24) is 10.6 Å². The van der Waals surface area contributed by atoms with E-state index in [2.05, 4.69) is 10.6 Å². The first-order chi connectivity index (χ1) is 11.7.